The van der Waals surface area contributed by atoms with Gasteiger partial charge < -0.3 is 10.3 Å². The zero-order valence-electron chi connectivity index (χ0n) is 14.4. The molecular weight excluding hydrogens is 308 g/mol. The van der Waals surface area contributed by atoms with Crippen molar-refractivity contribution in [2.24, 2.45) is 5.92 Å². The number of benzene rings is 2. The third-order valence-electron chi connectivity index (χ3n) is 4.99. The lowest BCUT2D eigenvalue weighted by Gasteiger charge is -2.23. The number of aromatic amines is 1. The SMILES string of the molecule is Cc1ccc(/C=C/c2ccc3[nH]cc(NC(=O)C4CCC4)c3c2)cc1. The van der Waals surface area contributed by atoms with Gasteiger partial charge in [0.2, 0.25) is 5.91 Å². The molecule has 25 heavy (non-hydrogen) atoms. The molecule has 3 nitrogen and oxygen atoms in total. The van der Waals surface area contributed by atoms with Gasteiger partial charge >= 0.3 is 0 Å². The highest BCUT2D eigenvalue weighted by Gasteiger charge is 2.25. The Labute approximate surface area is 147 Å². The van der Waals surface area contributed by atoms with Gasteiger partial charge in [-0.2, -0.15) is 0 Å². The van der Waals surface area contributed by atoms with Gasteiger partial charge in [-0.15, -0.1) is 0 Å². The van der Waals surface area contributed by atoms with Crippen LogP contribution in [-0.4, -0.2) is 10.9 Å². The molecule has 0 bridgehead atoms. The molecule has 1 amide bonds. The number of amides is 1. The number of hydrogen-bond donors (Lipinski definition) is 2. The van der Waals surface area contributed by atoms with Crippen molar-refractivity contribution in [3.8, 4) is 0 Å². The fourth-order valence-electron chi connectivity index (χ4n) is 3.12. The first-order valence-corrected chi connectivity index (χ1v) is 8.86. The van der Waals surface area contributed by atoms with Gasteiger partial charge in [0.25, 0.3) is 0 Å². The molecule has 0 aliphatic heterocycles. The second-order valence-electron chi connectivity index (χ2n) is 6.87. The summed E-state index contributed by atoms with van der Waals surface area (Å²) in [6.45, 7) is 2.09. The number of H-pyrrole nitrogens is 1. The monoisotopic (exact) mass is 330 g/mol. The summed E-state index contributed by atoms with van der Waals surface area (Å²) in [4.78, 5) is 15.5. The zero-order chi connectivity index (χ0) is 17.2. The molecule has 0 saturated heterocycles. The second kappa shape index (κ2) is 6.60. The average molecular weight is 330 g/mol. The van der Waals surface area contributed by atoms with Crippen molar-refractivity contribution in [3.63, 3.8) is 0 Å². The number of rotatable bonds is 4. The van der Waals surface area contributed by atoms with Crippen molar-refractivity contribution >= 4 is 34.6 Å². The van der Waals surface area contributed by atoms with Gasteiger partial charge in [0.05, 0.1) is 5.69 Å². The van der Waals surface area contributed by atoms with Gasteiger partial charge in [-0.3, -0.25) is 4.79 Å². The van der Waals surface area contributed by atoms with Gasteiger partial charge in [-0.05, 0) is 43.0 Å². The Hall–Kier alpha value is -2.81. The fourth-order valence-corrected chi connectivity index (χ4v) is 3.12. The summed E-state index contributed by atoms with van der Waals surface area (Å²) in [6.07, 6.45) is 9.29. The maximum Gasteiger partial charge on any atom is 0.227 e. The van der Waals surface area contributed by atoms with E-state index >= 15 is 0 Å². The Balaban J connectivity index is 1.57. The van der Waals surface area contributed by atoms with Crippen LogP contribution in [0, 0.1) is 12.8 Å². The highest BCUT2D eigenvalue weighted by Crippen LogP contribution is 2.30. The summed E-state index contributed by atoms with van der Waals surface area (Å²) in [5.41, 5.74) is 5.47. The van der Waals surface area contributed by atoms with E-state index in [1.165, 1.54) is 17.5 Å². The molecule has 1 fully saturated rings. The van der Waals surface area contributed by atoms with Crippen LogP contribution in [0.15, 0.2) is 48.7 Å². The highest BCUT2D eigenvalue weighted by atomic mass is 16.1. The molecule has 0 atom stereocenters. The maximum atomic E-state index is 12.2. The van der Waals surface area contributed by atoms with Crippen LogP contribution in [0.25, 0.3) is 23.1 Å². The number of carbonyl (C=O) groups is 1. The molecular formula is C22H22N2O. The van der Waals surface area contributed by atoms with Crippen molar-refractivity contribution in [1.29, 1.82) is 0 Å². The van der Waals surface area contributed by atoms with Crippen LogP contribution in [0.5, 0.6) is 0 Å². The van der Waals surface area contributed by atoms with E-state index in [1.807, 2.05) is 6.20 Å². The Morgan fingerprint density at radius 2 is 1.80 bits per heavy atom. The molecule has 0 spiro atoms. The normalized spacial score (nSPS) is 14.8. The van der Waals surface area contributed by atoms with E-state index in [-0.39, 0.29) is 11.8 Å². The molecule has 2 N–H and O–H groups in total. The topological polar surface area (TPSA) is 44.9 Å². The van der Waals surface area contributed by atoms with E-state index < -0.39 is 0 Å². The lowest BCUT2D eigenvalue weighted by atomic mass is 9.85. The number of aromatic nitrogens is 1. The Morgan fingerprint density at radius 1 is 1.08 bits per heavy atom. The maximum absolute atomic E-state index is 12.2. The second-order valence-corrected chi connectivity index (χ2v) is 6.87. The first-order chi connectivity index (χ1) is 12.2. The number of carbonyl (C=O) groups excluding carboxylic acids is 1. The lowest BCUT2D eigenvalue weighted by molar-refractivity contribution is -0.122. The summed E-state index contributed by atoms with van der Waals surface area (Å²) in [7, 11) is 0. The van der Waals surface area contributed by atoms with Crippen LogP contribution in [0.4, 0.5) is 5.69 Å². The summed E-state index contributed by atoms with van der Waals surface area (Å²) < 4.78 is 0. The predicted molar refractivity (Wildman–Crippen MR) is 104 cm³/mol. The van der Waals surface area contributed by atoms with Crippen LogP contribution in [-0.2, 0) is 4.79 Å². The molecule has 1 heterocycles. The van der Waals surface area contributed by atoms with Crippen LogP contribution in [0.2, 0.25) is 0 Å². The minimum absolute atomic E-state index is 0.146. The van der Waals surface area contributed by atoms with Crippen LogP contribution in [0.3, 0.4) is 0 Å². The van der Waals surface area contributed by atoms with E-state index in [0.29, 0.717) is 0 Å². The van der Waals surface area contributed by atoms with Gasteiger partial charge in [-0.1, -0.05) is 54.5 Å². The van der Waals surface area contributed by atoms with E-state index in [1.54, 1.807) is 0 Å². The summed E-state index contributed by atoms with van der Waals surface area (Å²) in [5.74, 6) is 0.335. The predicted octanol–water partition coefficient (Wildman–Crippen LogP) is 5.39. The zero-order valence-corrected chi connectivity index (χ0v) is 14.4. The van der Waals surface area contributed by atoms with E-state index in [0.717, 1.165) is 35.0 Å². The van der Waals surface area contributed by atoms with Gasteiger partial charge in [0, 0.05) is 23.0 Å². The highest BCUT2D eigenvalue weighted by molar-refractivity contribution is 6.03. The molecule has 0 radical (unpaired) electrons. The first kappa shape index (κ1) is 15.7. The van der Waals surface area contributed by atoms with Crippen molar-refractivity contribution in [3.05, 3.63) is 65.4 Å². The van der Waals surface area contributed by atoms with Gasteiger partial charge in [0.15, 0.2) is 0 Å². The van der Waals surface area contributed by atoms with Crippen LogP contribution in [0.1, 0.15) is 36.0 Å². The molecule has 3 heteroatoms. The number of anilines is 1. The molecule has 1 aromatic heterocycles. The largest absolute Gasteiger partial charge is 0.359 e. The van der Waals surface area contributed by atoms with Crippen molar-refractivity contribution in [1.82, 2.24) is 4.98 Å². The smallest absolute Gasteiger partial charge is 0.227 e. The molecule has 1 aliphatic carbocycles. The number of fused-ring (bicyclic) bond motifs is 1. The molecule has 3 aromatic rings. The third kappa shape index (κ3) is 3.36. The third-order valence-corrected chi connectivity index (χ3v) is 4.99. The van der Waals surface area contributed by atoms with Crippen molar-refractivity contribution < 1.29 is 4.79 Å². The Morgan fingerprint density at radius 3 is 2.52 bits per heavy atom. The number of nitrogens with one attached hydrogen (secondary N) is 2. The van der Waals surface area contributed by atoms with Crippen molar-refractivity contribution in [2.75, 3.05) is 5.32 Å². The van der Waals surface area contributed by atoms with Crippen molar-refractivity contribution in [2.45, 2.75) is 26.2 Å². The van der Waals surface area contributed by atoms with Gasteiger partial charge in [-0.25, -0.2) is 0 Å². The first-order valence-electron chi connectivity index (χ1n) is 8.86. The Bertz CT molecular complexity index is 930. The number of hydrogen-bond acceptors (Lipinski definition) is 1. The summed E-state index contributed by atoms with van der Waals surface area (Å²) >= 11 is 0. The standard InChI is InChI=1S/C22H22N2O/c1-15-5-7-16(8-6-15)9-10-17-11-12-20-19(13-17)21(14-23-20)24-22(25)18-3-2-4-18/h5-14,18,23H,2-4H2,1H3,(H,24,25)/b10-9+. The van der Waals surface area contributed by atoms with Crippen LogP contribution < -0.4 is 5.32 Å². The average Bonchev–Trinajstić information content (AvgIpc) is 2.95. The van der Waals surface area contributed by atoms with Crippen LogP contribution >= 0.6 is 0 Å². The lowest BCUT2D eigenvalue weighted by Crippen LogP contribution is -2.27. The fraction of sp³-hybridized carbons (Fsp3) is 0.227. The van der Waals surface area contributed by atoms with Gasteiger partial charge in [0.1, 0.15) is 0 Å². The quantitative estimate of drug-likeness (QED) is 0.619. The minimum Gasteiger partial charge on any atom is -0.359 e. The Kier molecular flexibility index (Phi) is 4.14. The summed E-state index contributed by atoms with van der Waals surface area (Å²) in [6, 6.07) is 14.7. The minimum atomic E-state index is 0.146. The molecule has 1 saturated carbocycles. The molecule has 0 unspecified atom stereocenters. The molecule has 1 aliphatic rings. The molecule has 2 aromatic carbocycles. The van der Waals surface area contributed by atoms with E-state index in [2.05, 4.69) is 71.8 Å². The molecule has 126 valence electrons. The molecule has 4 rings (SSSR count). The number of aryl methyl sites for hydroxylation is 1. The summed E-state index contributed by atoms with van der Waals surface area (Å²) in [5, 5.41) is 4.13. The van der Waals surface area contributed by atoms with E-state index in [9.17, 15) is 4.79 Å². The van der Waals surface area contributed by atoms with E-state index in [4.69, 9.17) is 0 Å².